The Labute approximate surface area is 117 Å². The quantitative estimate of drug-likeness (QED) is 0.518. The zero-order valence-corrected chi connectivity index (χ0v) is 11.3. The van der Waals surface area contributed by atoms with Gasteiger partial charge >= 0.3 is 0 Å². The predicted octanol–water partition coefficient (Wildman–Crippen LogP) is -0.348. The van der Waals surface area contributed by atoms with E-state index in [4.69, 9.17) is 10.5 Å². The van der Waals surface area contributed by atoms with Crippen LogP contribution >= 0.6 is 0 Å². The Hall–Kier alpha value is -1.18. The monoisotopic (exact) mass is 283 g/mol. The first-order valence-electron chi connectivity index (χ1n) is 6.64. The van der Waals surface area contributed by atoms with Gasteiger partial charge in [-0.15, -0.1) is 0 Å². The minimum atomic E-state index is -1.24. The second-order valence-corrected chi connectivity index (χ2v) is 5.29. The molecule has 0 radical (unpaired) electrons. The zero-order chi connectivity index (χ0) is 14.9. The number of phenols is 1. The SMILES string of the molecule is C[C@H]1O[C@H](CC(N)c2ccc(O)cc2)[C@H](O)[C@@H](O)[C@H]1O. The fraction of sp³-hybridized carbons (Fsp3) is 0.571. The summed E-state index contributed by atoms with van der Waals surface area (Å²) in [6.07, 6.45) is -4.43. The molecule has 6 atom stereocenters. The van der Waals surface area contributed by atoms with E-state index >= 15 is 0 Å². The van der Waals surface area contributed by atoms with E-state index in [2.05, 4.69) is 0 Å². The molecule has 6 N–H and O–H groups in total. The van der Waals surface area contributed by atoms with Crippen LogP contribution < -0.4 is 5.73 Å². The van der Waals surface area contributed by atoms with E-state index < -0.39 is 36.6 Å². The van der Waals surface area contributed by atoms with Crippen molar-refractivity contribution in [2.75, 3.05) is 0 Å². The normalized spacial score (nSPS) is 35.8. The minimum Gasteiger partial charge on any atom is -0.508 e. The van der Waals surface area contributed by atoms with E-state index in [0.717, 1.165) is 5.56 Å². The molecule has 20 heavy (non-hydrogen) atoms. The second-order valence-electron chi connectivity index (χ2n) is 5.29. The van der Waals surface area contributed by atoms with E-state index in [1.165, 1.54) is 12.1 Å². The molecular weight excluding hydrogens is 262 g/mol. The van der Waals surface area contributed by atoms with Crippen LogP contribution in [0.2, 0.25) is 0 Å². The summed E-state index contributed by atoms with van der Waals surface area (Å²) >= 11 is 0. The number of benzene rings is 1. The Morgan fingerprint density at radius 3 is 2.30 bits per heavy atom. The van der Waals surface area contributed by atoms with Crippen LogP contribution in [0.5, 0.6) is 5.75 Å². The molecule has 112 valence electrons. The van der Waals surface area contributed by atoms with Gasteiger partial charge in [-0.1, -0.05) is 12.1 Å². The van der Waals surface area contributed by atoms with Crippen LogP contribution in [0.3, 0.4) is 0 Å². The van der Waals surface area contributed by atoms with Crippen LogP contribution in [0.4, 0.5) is 0 Å². The van der Waals surface area contributed by atoms with Crippen molar-refractivity contribution in [3.8, 4) is 5.75 Å². The first kappa shape index (κ1) is 15.2. The van der Waals surface area contributed by atoms with Gasteiger partial charge in [0.05, 0.1) is 12.2 Å². The average molecular weight is 283 g/mol. The van der Waals surface area contributed by atoms with Crippen molar-refractivity contribution in [2.24, 2.45) is 5.73 Å². The minimum absolute atomic E-state index is 0.155. The molecular formula is C14H21NO5. The largest absolute Gasteiger partial charge is 0.508 e. The lowest BCUT2D eigenvalue weighted by Gasteiger charge is -2.40. The molecule has 2 rings (SSSR count). The summed E-state index contributed by atoms with van der Waals surface area (Å²) in [5.41, 5.74) is 6.84. The summed E-state index contributed by atoms with van der Waals surface area (Å²) in [5.74, 6) is 0.155. The van der Waals surface area contributed by atoms with E-state index in [1.807, 2.05) is 0 Å². The highest BCUT2D eigenvalue weighted by atomic mass is 16.5. The first-order valence-corrected chi connectivity index (χ1v) is 6.64. The third-order valence-corrected chi connectivity index (χ3v) is 3.76. The topological polar surface area (TPSA) is 116 Å². The highest BCUT2D eigenvalue weighted by molar-refractivity contribution is 5.27. The van der Waals surface area contributed by atoms with Crippen LogP contribution in [0, 0.1) is 0 Å². The molecule has 0 bridgehead atoms. The number of hydrogen-bond acceptors (Lipinski definition) is 6. The van der Waals surface area contributed by atoms with Crippen LogP contribution in [-0.4, -0.2) is 50.9 Å². The summed E-state index contributed by atoms with van der Waals surface area (Å²) < 4.78 is 5.51. The van der Waals surface area contributed by atoms with Crippen molar-refractivity contribution in [3.05, 3.63) is 29.8 Å². The number of ether oxygens (including phenoxy) is 1. The zero-order valence-electron chi connectivity index (χ0n) is 11.3. The van der Waals surface area contributed by atoms with Gasteiger partial charge in [0.15, 0.2) is 0 Å². The summed E-state index contributed by atoms with van der Waals surface area (Å²) in [4.78, 5) is 0. The lowest BCUT2D eigenvalue weighted by molar-refractivity contribution is -0.219. The summed E-state index contributed by atoms with van der Waals surface area (Å²) in [5, 5.41) is 38.5. The standard InChI is InChI=1S/C14H21NO5/c1-7-12(17)14(19)13(18)11(20-7)6-10(15)8-2-4-9(16)5-3-8/h2-5,7,10-14,16-19H,6,15H2,1H3/t7-,10?,11-,12+,13+,14+/m1/s1. The molecule has 1 aromatic carbocycles. The number of aliphatic hydroxyl groups excluding tert-OH is 3. The molecule has 1 heterocycles. The van der Waals surface area contributed by atoms with Crippen molar-refractivity contribution in [3.63, 3.8) is 0 Å². The van der Waals surface area contributed by atoms with Crippen LogP contribution in [0.25, 0.3) is 0 Å². The van der Waals surface area contributed by atoms with E-state index in [9.17, 15) is 20.4 Å². The van der Waals surface area contributed by atoms with Crippen molar-refractivity contribution in [2.45, 2.75) is 49.9 Å². The van der Waals surface area contributed by atoms with Crippen molar-refractivity contribution >= 4 is 0 Å². The lowest BCUT2D eigenvalue weighted by atomic mass is 9.90. The number of aliphatic hydroxyl groups is 3. The summed E-state index contributed by atoms with van der Waals surface area (Å²) in [6.45, 7) is 1.64. The summed E-state index contributed by atoms with van der Waals surface area (Å²) in [6, 6.07) is 6.07. The van der Waals surface area contributed by atoms with E-state index in [0.29, 0.717) is 6.42 Å². The van der Waals surface area contributed by atoms with Gasteiger partial charge in [0, 0.05) is 6.04 Å². The highest BCUT2D eigenvalue weighted by Gasteiger charge is 2.42. The first-order chi connectivity index (χ1) is 9.40. The Morgan fingerprint density at radius 1 is 1.10 bits per heavy atom. The molecule has 0 spiro atoms. The smallest absolute Gasteiger partial charge is 0.115 e. The summed E-state index contributed by atoms with van der Waals surface area (Å²) in [7, 11) is 0. The molecule has 1 unspecified atom stereocenters. The van der Waals surface area contributed by atoms with Gasteiger partial charge in [-0.05, 0) is 31.0 Å². The van der Waals surface area contributed by atoms with E-state index in [1.54, 1.807) is 19.1 Å². The Bertz CT molecular complexity index is 438. The maximum Gasteiger partial charge on any atom is 0.115 e. The Kier molecular flexibility index (Phi) is 4.62. The third-order valence-electron chi connectivity index (χ3n) is 3.76. The second kappa shape index (κ2) is 6.07. The van der Waals surface area contributed by atoms with Gasteiger partial charge in [0.1, 0.15) is 24.1 Å². The van der Waals surface area contributed by atoms with Gasteiger partial charge in [-0.2, -0.15) is 0 Å². The number of nitrogens with two attached hydrogens (primary N) is 1. The molecule has 0 amide bonds. The van der Waals surface area contributed by atoms with Gasteiger partial charge in [-0.25, -0.2) is 0 Å². The molecule has 1 fully saturated rings. The molecule has 0 aliphatic carbocycles. The fourth-order valence-electron chi connectivity index (χ4n) is 2.44. The van der Waals surface area contributed by atoms with Crippen molar-refractivity contribution in [1.29, 1.82) is 0 Å². The predicted molar refractivity (Wildman–Crippen MR) is 72.0 cm³/mol. The average Bonchev–Trinajstić information content (AvgIpc) is 2.43. The Morgan fingerprint density at radius 2 is 1.70 bits per heavy atom. The molecule has 6 nitrogen and oxygen atoms in total. The molecule has 1 aliphatic rings. The van der Waals surface area contributed by atoms with Gasteiger partial charge < -0.3 is 30.9 Å². The number of rotatable bonds is 3. The molecule has 1 aliphatic heterocycles. The van der Waals surface area contributed by atoms with E-state index in [-0.39, 0.29) is 5.75 Å². The van der Waals surface area contributed by atoms with Gasteiger partial charge in [0.25, 0.3) is 0 Å². The van der Waals surface area contributed by atoms with Crippen LogP contribution in [0.15, 0.2) is 24.3 Å². The molecule has 0 saturated carbocycles. The molecule has 6 heteroatoms. The maximum absolute atomic E-state index is 9.94. The number of aromatic hydroxyl groups is 1. The highest BCUT2D eigenvalue weighted by Crippen LogP contribution is 2.27. The molecule has 0 aromatic heterocycles. The number of hydrogen-bond donors (Lipinski definition) is 5. The van der Waals surface area contributed by atoms with Crippen molar-refractivity contribution in [1.82, 2.24) is 0 Å². The Balaban J connectivity index is 2.03. The number of phenolic OH excluding ortho intramolecular Hbond substituents is 1. The van der Waals surface area contributed by atoms with Gasteiger partial charge in [-0.3, -0.25) is 0 Å². The van der Waals surface area contributed by atoms with Crippen LogP contribution in [0.1, 0.15) is 24.9 Å². The molecule has 1 saturated heterocycles. The van der Waals surface area contributed by atoms with Crippen molar-refractivity contribution < 1.29 is 25.2 Å². The lowest BCUT2D eigenvalue weighted by Crippen LogP contribution is -2.57. The van der Waals surface area contributed by atoms with Gasteiger partial charge in [0.2, 0.25) is 0 Å². The fourth-order valence-corrected chi connectivity index (χ4v) is 2.44. The maximum atomic E-state index is 9.94. The van der Waals surface area contributed by atoms with Crippen LogP contribution in [-0.2, 0) is 4.74 Å². The third kappa shape index (κ3) is 3.11. The molecule has 1 aromatic rings.